The van der Waals surface area contributed by atoms with Crippen molar-refractivity contribution in [1.29, 1.82) is 0 Å². The lowest BCUT2D eigenvalue weighted by Gasteiger charge is -2.14. The Labute approximate surface area is 183 Å². The molecular formula is C23H29NO6S. The van der Waals surface area contributed by atoms with Gasteiger partial charge in [-0.2, -0.15) is 0 Å². The van der Waals surface area contributed by atoms with Crippen LogP contribution < -0.4 is 4.72 Å². The van der Waals surface area contributed by atoms with Crippen LogP contribution in [0.15, 0.2) is 47.4 Å². The van der Waals surface area contributed by atoms with Crippen molar-refractivity contribution in [1.82, 2.24) is 0 Å². The number of ether oxygens (including phenoxy) is 2. The number of rotatable bonds is 8. The standard InChI is InChI=1S/C23H29NO6S/c1-14(2)17-7-9-21(10-8-17)31(27,28)24-20-12-18(22(25)29-15(3)4)11-19(13-20)23(26)30-16(5)6/h7-16,24H,1-6H3. The minimum Gasteiger partial charge on any atom is -0.459 e. The van der Waals surface area contributed by atoms with E-state index in [2.05, 4.69) is 4.72 Å². The molecule has 2 aromatic rings. The fraction of sp³-hybridized carbons (Fsp3) is 0.391. The molecule has 0 bridgehead atoms. The molecule has 2 rings (SSSR count). The smallest absolute Gasteiger partial charge is 0.338 e. The summed E-state index contributed by atoms with van der Waals surface area (Å²) < 4.78 is 38.5. The Bertz CT molecular complexity index is 1000. The van der Waals surface area contributed by atoms with Gasteiger partial charge in [-0.1, -0.05) is 26.0 Å². The molecule has 0 atom stereocenters. The third-order valence-electron chi connectivity index (χ3n) is 4.20. The van der Waals surface area contributed by atoms with Gasteiger partial charge in [0.05, 0.1) is 33.9 Å². The van der Waals surface area contributed by atoms with E-state index >= 15 is 0 Å². The summed E-state index contributed by atoms with van der Waals surface area (Å²) in [5, 5.41) is 0. The first-order valence-electron chi connectivity index (χ1n) is 10.1. The van der Waals surface area contributed by atoms with Crippen LogP contribution in [0.1, 0.15) is 73.7 Å². The van der Waals surface area contributed by atoms with Crippen LogP contribution in [0, 0.1) is 0 Å². The van der Waals surface area contributed by atoms with Gasteiger partial charge in [0.25, 0.3) is 10.0 Å². The second-order valence-electron chi connectivity index (χ2n) is 8.04. The van der Waals surface area contributed by atoms with Crippen molar-refractivity contribution in [2.75, 3.05) is 4.72 Å². The van der Waals surface area contributed by atoms with Gasteiger partial charge in [-0.3, -0.25) is 4.72 Å². The van der Waals surface area contributed by atoms with Gasteiger partial charge >= 0.3 is 11.9 Å². The maximum atomic E-state index is 12.9. The molecule has 8 heteroatoms. The van der Waals surface area contributed by atoms with Crippen molar-refractivity contribution in [3.8, 4) is 0 Å². The summed E-state index contributed by atoms with van der Waals surface area (Å²) in [5.74, 6) is -1.07. The van der Waals surface area contributed by atoms with Crippen molar-refractivity contribution in [3.05, 3.63) is 59.2 Å². The average molecular weight is 448 g/mol. The SMILES string of the molecule is CC(C)OC(=O)c1cc(NS(=O)(=O)c2ccc(C(C)C)cc2)cc(C(=O)OC(C)C)c1. The van der Waals surface area contributed by atoms with E-state index in [0.29, 0.717) is 0 Å². The zero-order chi connectivity index (χ0) is 23.3. The summed E-state index contributed by atoms with van der Waals surface area (Å²) in [4.78, 5) is 24.8. The monoisotopic (exact) mass is 447 g/mol. The van der Waals surface area contributed by atoms with Gasteiger partial charge in [-0.15, -0.1) is 0 Å². The number of carbonyl (C=O) groups is 2. The number of hydrogen-bond acceptors (Lipinski definition) is 6. The largest absolute Gasteiger partial charge is 0.459 e. The van der Waals surface area contributed by atoms with E-state index < -0.39 is 22.0 Å². The van der Waals surface area contributed by atoms with E-state index in [1.54, 1.807) is 39.8 Å². The van der Waals surface area contributed by atoms with Crippen LogP contribution in [0.3, 0.4) is 0 Å². The van der Waals surface area contributed by atoms with E-state index in [0.717, 1.165) is 5.56 Å². The average Bonchev–Trinajstić information content (AvgIpc) is 2.66. The number of sulfonamides is 1. The minimum atomic E-state index is -3.94. The van der Waals surface area contributed by atoms with Gasteiger partial charge < -0.3 is 9.47 Å². The normalized spacial score (nSPS) is 11.6. The van der Waals surface area contributed by atoms with Gasteiger partial charge in [-0.05, 0) is 69.5 Å². The fourth-order valence-electron chi connectivity index (χ4n) is 2.73. The highest BCUT2D eigenvalue weighted by Crippen LogP contribution is 2.23. The molecule has 0 heterocycles. The first-order valence-corrected chi connectivity index (χ1v) is 11.6. The molecule has 0 radical (unpaired) electrons. The predicted octanol–water partition coefficient (Wildman–Crippen LogP) is 4.74. The molecule has 0 fully saturated rings. The van der Waals surface area contributed by atoms with E-state index in [4.69, 9.17) is 9.47 Å². The molecule has 0 aliphatic heterocycles. The lowest BCUT2D eigenvalue weighted by Crippen LogP contribution is -2.17. The Morgan fingerprint density at radius 2 is 1.23 bits per heavy atom. The Morgan fingerprint density at radius 1 is 0.774 bits per heavy atom. The molecule has 31 heavy (non-hydrogen) atoms. The maximum absolute atomic E-state index is 12.9. The van der Waals surface area contributed by atoms with Crippen molar-refractivity contribution in [3.63, 3.8) is 0 Å². The molecule has 1 N–H and O–H groups in total. The summed E-state index contributed by atoms with van der Waals surface area (Å²) in [6.07, 6.45) is -0.753. The van der Waals surface area contributed by atoms with Crippen LogP contribution in [0.2, 0.25) is 0 Å². The highest BCUT2D eigenvalue weighted by atomic mass is 32.2. The molecule has 7 nitrogen and oxygen atoms in total. The summed E-state index contributed by atoms with van der Waals surface area (Å²) in [7, 11) is -3.94. The zero-order valence-electron chi connectivity index (χ0n) is 18.6. The van der Waals surface area contributed by atoms with E-state index in [9.17, 15) is 18.0 Å². The second-order valence-corrected chi connectivity index (χ2v) is 9.72. The van der Waals surface area contributed by atoms with Crippen LogP contribution in [-0.2, 0) is 19.5 Å². The van der Waals surface area contributed by atoms with Crippen molar-refractivity contribution < 1.29 is 27.5 Å². The van der Waals surface area contributed by atoms with Gasteiger partial charge in [0.1, 0.15) is 0 Å². The zero-order valence-corrected chi connectivity index (χ0v) is 19.4. The number of nitrogens with one attached hydrogen (secondary N) is 1. The predicted molar refractivity (Wildman–Crippen MR) is 119 cm³/mol. The van der Waals surface area contributed by atoms with Crippen LogP contribution >= 0.6 is 0 Å². The highest BCUT2D eigenvalue weighted by Gasteiger charge is 2.20. The summed E-state index contributed by atoms with van der Waals surface area (Å²) in [6, 6.07) is 10.5. The van der Waals surface area contributed by atoms with Crippen molar-refractivity contribution in [2.24, 2.45) is 0 Å². The molecular weight excluding hydrogens is 418 g/mol. The quantitative estimate of drug-likeness (QED) is 0.587. The molecule has 0 amide bonds. The van der Waals surface area contributed by atoms with E-state index in [1.165, 1.54) is 30.3 Å². The molecule has 0 aromatic heterocycles. The number of anilines is 1. The van der Waals surface area contributed by atoms with Gasteiger partial charge in [-0.25, -0.2) is 18.0 Å². The van der Waals surface area contributed by atoms with Crippen LogP contribution in [0.4, 0.5) is 5.69 Å². The molecule has 0 saturated carbocycles. The molecule has 0 spiro atoms. The third kappa shape index (κ3) is 6.82. The Morgan fingerprint density at radius 3 is 1.61 bits per heavy atom. The summed E-state index contributed by atoms with van der Waals surface area (Å²) >= 11 is 0. The first kappa shape index (κ1) is 24.4. The molecule has 0 unspecified atom stereocenters. The van der Waals surface area contributed by atoms with Gasteiger partial charge in [0.15, 0.2) is 0 Å². The molecule has 0 aliphatic rings. The number of carbonyl (C=O) groups excluding carboxylic acids is 2. The molecule has 0 saturated heterocycles. The number of hydrogen-bond donors (Lipinski definition) is 1. The Balaban J connectivity index is 2.43. The lowest BCUT2D eigenvalue weighted by molar-refractivity contribution is 0.0377. The lowest BCUT2D eigenvalue weighted by atomic mass is 10.0. The summed E-state index contributed by atoms with van der Waals surface area (Å²) in [5.41, 5.74) is 1.15. The van der Waals surface area contributed by atoms with E-state index in [-0.39, 0.29) is 39.8 Å². The van der Waals surface area contributed by atoms with Crippen LogP contribution in [0.25, 0.3) is 0 Å². The van der Waals surface area contributed by atoms with Gasteiger partial charge in [0, 0.05) is 0 Å². The van der Waals surface area contributed by atoms with Gasteiger partial charge in [0.2, 0.25) is 0 Å². The number of benzene rings is 2. The van der Waals surface area contributed by atoms with Crippen LogP contribution in [0.5, 0.6) is 0 Å². The Hall–Kier alpha value is -2.87. The third-order valence-corrected chi connectivity index (χ3v) is 5.60. The summed E-state index contributed by atoms with van der Waals surface area (Å²) in [6.45, 7) is 10.8. The highest BCUT2D eigenvalue weighted by molar-refractivity contribution is 7.92. The minimum absolute atomic E-state index is 0.0414. The Kier molecular flexibility index (Phi) is 7.84. The topological polar surface area (TPSA) is 98.8 Å². The van der Waals surface area contributed by atoms with E-state index in [1.807, 2.05) is 13.8 Å². The molecule has 168 valence electrons. The molecule has 0 aliphatic carbocycles. The first-order chi connectivity index (χ1) is 14.4. The van der Waals surface area contributed by atoms with Crippen molar-refractivity contribution >= 4 is 27.6 Å². The van der Waals surface area contributed by atoms with Crippen molar-refractivity contribution in [2.45, 2.75) is 64.6 Å². The van der Waals surface area contributed by atoms with Crippen LogP contribution in [-0.4, -0.2) is 32.6 Å². The molecule has 2 aromatic carbocycles. The fourth-order valence-corrected chi connectivity index (χ4v) is 3.77. The maximum Gasteiger partial charge on any atom is 0.338 e. The number of esters is 2. The second kappa shape index (κ2) is 9.96.